The Bertz CT molecular complexity index is 1010. The Morgan fingerprint density at radius 3 is 2.59 bits per heavy atom. The minimum atomic E-state index is -0.366. The van der Waals surface area contributed by atoms with Crippen molar-refractivity contribution in [1.82, 2.24) is 0 Å². The number of nitrogens with one attached hydrogen (secondary N) is 1. The quantitative estimate of drug-likeness (QED) is 0.870. The van der Waals surface area contributed by atoms with Crippen molar-refractivity contribution in [2.45, 2.75) is 32.6 Å². The molecule has 1 N–H and O–H groups in total. The molecule has 1 fully saturated rings. The lowest BCUT2D eigenvalue weighted by atomic mass is 10.1. The van der Waals surface area contributed by atoms with Crippen LogP contribution in [0, 0.1) is 6.92 Å². The summed E-state index contributed by atoms with van der Waals surface area (Å²) < 4.78 is 0. The molecule has 2 aliphatic heterocycles. The largest absolute Gasteiger partial charge is 0.319 e. The van der Waals surface area contributed by atoms with Gasteiger partial charge in [-0.15, -0.1) is 0 Å². The second kappa shape index (κ2) is 7.87. The lowest BCUT2D eigenvalue weighted by molar-refractivity contribution is -0.119. The SMILES string of the molecule is Cc1cccc(N2N=C(C(=O)Nc3ccccc3N3CCCC3=O)CCC2=O)c1. The number of hydrazone groups is 1. The molecule has 4 rings (SSSR count). The molecule has 7 nitrogen and oxygen atoms in total. The molecule has 29 heavy (non-hydrogen) atoms. The molecule has 1 saturated heterocycles. The van der Waals surface area contributed by atoms with Crippen molar-refractivity contribution in [3.8, 4) is 0 Å². The van der Waals surface area contributed by atoms with Gasteiger partial charge in [-0.1, -0.05) is 24.3 Å². The Labute approximate surface area is 169 Å². The predicted octanol–water partition coefficient (Wildman–Crippen LogP) is 3.24. The molecule has 2 aromatic carbocycles. The van der Waals surface area contributed by atoms with Crippen LogP contribution in [0.1, 0.15) is 31.2 Å². The standard InChI is InChI=1S/C22H22N4O3/c1-15-6-4-7-16(14-15)26-21(28)12-11-18(24-26)22(29)23-17-8-2-3-9-19(17)25-13-5-10-20(25)27/h2-4,6-9,14H,5,10-13H2,1H3,(H,23,29). The average Bonchev–Trinajstić information content (AvgIpc) is 3.14. The minimum Gasteiger partial charge on any atom is -0.319 e. The number of nitrogens with zero attached hydrogens (tertiary/aromatic N) is 3. The van der Waals surface area contributed by atoms with E-state index < -0.39 is 0 Å². The first-order chi connectivity index (χ1) is 14.0. The maximum Gasteiger partial charge on any atom is 0.271 e. The van der Waals surface area contributed by atoms with Crippen molar-refractivity contribution in [1.29, 1.82) is 0 Å². The van der Waals surface area contributed by atoms with Crippen molar-refractivity contribution in [3.05, 3.63) is 54.1 Å². The number of carbonyl (C=O) groups is 3. The van der Waals surface area contributed by atoms with Gasteiger partial charge in [0.2, 0.25) is 11.8 Å². The number of carbonyl (C=O) groups excluding carboxylic acids is 3. The molecule has 0 aliphatic carbocycles. The van der Waals surface area contributed by atoms with E-state index in [0.29, 0.717) is 30.0 Å². The first-order valence-corrected chi connectivity index (χ1v) is 9.71. The van der Waals surface area contributed by atoms with Crippen LogP contribution in [0.2, 0.25) is 0 Å². The van der Waals surface area contributed by atoms with Gasteiger partial charge in [0.25, 0.3) is 5.91 Å². The van der Waals surface area contributed by atoms with E-state index in [1.807, 2.05) is 43.3 Å². The third-order valence-corrected chi connectivity index (χ3v) is 5.06. The fraction of sp³-hybridized carbons (Fsp3) is 0.273. The molecular weight excluding hydrogens is 368 g/mol. The topological polar surface area (TPSA) is 82.1 Å². The van der Waals surface area contributed by atoms with Gasteiger partial charge >= 0.3 is 0 Å². The van der Waals surface area contributed by atoms with E-state index in [4.69, 9.17) is 0 Å². The van der Waals surface area contributed by atoms with Crippen LogP contribution in [0.5, 0.6) is 0 Å². The Morgan fingerprint density at radius 1 is 1.00 bits per heavy atom. The molecule has 0 saturated carbocycles. The summed E-state index contributed by atoms with van der Waals surface area (Å²) in [5.74, 6) is -0.456. The summed E-state index contributed by atoms with van der Waals surface area (Å²) in [6, 6.07) is 14.7. The number of rotatable bonds is 4. The molecule has 2 aromatic rings. The van der Waals surface area contributed by atoms with Crippen LogP contribution in [0.3, 0.4) is 0 Å². The van der Waals surface area contributed by atoms with Gasteiger partial charge in [0.1, 0.15) is 5.71 Å². The fourth-order valence-corrected chi connectivity index (χ4v) is 3.59. The lowest BCUT2D eigenvalue weighted by Gasteiger charge is -2.24. The van der Waals surface area contributed by atoms with E-state index in [9.17, 15) is 14.4 Å². The van der Waals surface area contributed by atoms with Gasteiger partial charge in [-0.25, -0.2) is 5.01 Å². The number of benzene rings is 2. The summed E-state index contributed by atoms with van der Waals surface area (Å²) in [4.78, 5) is 39.0. The van der Waals surface area contributed by atoms with Gasteiger partial charge in [-0.2, -0.15) is 5.10 Å². The van der Waals surface area contributed by atoms with E-state index in [1.54, 1.807) is 17.0 Å². The highest BCUT2D eigenvalue weighted by atomic mass is 16.2. The molecule has 3 amide bonds. The molecule has 148 valence electrons. The molecule has 0 unspecified atom stereocenters. The zero-order valence-corrected chi connectivity index (χ0v) is 16.2. The van der Waals surface area contributed by atoms with E-state index in [-0.39, 0.29) is 36.3 Å². The molecule has 7 heteroatoms. The first kappa shape index (κ1) is 18.9. The van der Waals surface area contributed by atoms with Crippen molar-refractivity contribution in [2.75, 3.05) is 21.8 Å². The Hall–Kier alpha value is -3.48. The number of hydrogen-bond acceptors (Lipinski definition) is 4. The minimum absolute atomic E-state index is 0.0536. The van der Waals surface area contributed by atoms with Gasteiger partial charge in [-0.3, -0.25) is 14.4 Å². The van der Waals surface area contributed by atoms with E-state index in [0.717, 1.165) is 12.0 Å². The highest BCUT2D eigenvalue weighted by Gasteiger charge is 2.28. The smallest absolute Gasteiger partial charge is 0.271 e. The molecule has 0 radical (unpaired) electrons. The maximum absolute atomic E-state index is 12.9. The summed E-state index contributed by atoms with van der Waals surface area (Å²) in [6.07, 6.45) is 1.81. The van der Waals surface area contributed by atoms with Crippen LogP contribution in [-0.4, -0.2) is 30.0 Å². The van der Waals surface area contributed by atoms with Crippen LogP contribution in [0.25, 0.3) is 0 Å². The first-order valence-electron chi connectivity index (χ1n) is 9.71. The zero-order chi connectivity index (χ0) is 20.4. The highest BCUT2D eigenvalue weighted by molar-refractivity contribution is 6.44. The normalized spacial score (nSPS) is 16.8. The summed E-state index contributed by atoms with van der Waals surface area (Å²) in [5, 5.41) is 8.49. The number of aryl methyl sites for hydroxylation is 1. The summed E-state index contributed by atoms with van der Waals surface area (Å²) in [5.41, 5.74) is 3.18. The molecule has 2 aliphatic rings. The zero-order valence-electron chi connectivity index (χ0n) is 16.2. The Balaban J connectivity index is 1.58. The summed E-state index contributed by atoms with van der Waals surface area (Å²) in [7, 11) is 0. The van der Waals surface area contributed by atoms with E-state index in [1.165, 1.54) is 5.01 Å². The lowest BCUT2D eigenvalue weighted by Crippen LogP contribution is -2.36. The van der Waals surface area contributed by atoms with Crippen LogP contribution < -0.4 is 15.2 Å². The third-order valence-electron chi connectivity index (χ3n) is 5.06. The Kier molecular flexibility index (Phi) is 5.12. The summed E-state index contributed by atoms with van der Waals surface area (Å²) >= 11 is 0. The van der Waals surface area contributed by atoms with Crippen molar-refractivity contribution >= 4 is 40.5 Å². The molecule has 0 spiro atoms. The third kappa shape index (κ3) is 3.89. The second-order valence-corrected chi connectivity index (χ2v) is 7.21. The molecule has 0 aromatic heterocycles. The van der Waals surface area contributed by atoms with Crippen molar-refractivity contribution in [3.63, 3.8) is 0 Å². The number of hydrogen-bond donors (Lipinski definition) is 1. The average molecular weight is 390 g/mol. The van der Waals surface area contributed by atoms with Gasteiger partial charge in [0, 0.05) is 25.8 Å². The number of amides is 3. The van der Waals surface area contributed by atoms with Crippen molar-refractivity contribution < 1.29 is 14.4 Å². The Morgan fingerprint density at radius 2 is 1.83 bits per heavy atom. The van der Waals surface area contributed by atoms with Crippen LogP contribution in [0.15, 0.2) is 53.6 Å². The van der Waals surface area contributed by atoms with Crippen LogP contribution in [0.4, 0.5) is 17.1 Å². The molecular formula is C22H22N4O3. The fourth-order valence-electron chi connectivity index (χ4n) is 3.59. The predicted molar refractivity (Wildman–Crippen MR) is 112 cm³/mol. The molecule has 0 bridgehead atoms. The van der Waals surface area contributed by atoms with Gasteiger partial charge in [0.05, 0.1) is 17.1 Å². The monoisotopic (exact) mass is 390 g/mol. The maximum atomic E-state index is 12.9. The van der Waals surface area contributed by atoms with Gasteiger partial charge in [-0.05, 0) is 43.2 Å². The van der Waals surface area contributed by atoms with Gasteiger partial charge in [0.15, 0.2) is 0 Å². The van der Waals surface area contributed by atoms with Gasteiger partial charge < -0.3 is 10.2 Å². The second-order valence-electron chi connectivity index (χ2n) is 7.21. The number of anilines is 3. The highest BCUT2D eigenvalue weighted by Crippen LogP contribution is 2.30. The van der Waals surface area contributed by atoms with E-state index in [2.05, 4.69) is 10.4 Å². The van der Waals surface area contributed by atoms with Crippen LogP contribution >= 0.6 is 0 Å². The van der Waals surface area contributed by atoms with E-state index >= 15 is 0 Å². The van der Waals surface area contributed by atoms with Crippen molar-refractivity contribution in [2.24, 2.45) is 5.10 Å². The molecule has 2 heterocycles. The number of para-hydroxylation sites is 2. The van der Waals surface area contributed by atoms with Crippen LogP contribution in [-0.2, 0) is 14.4 Å². The summed E-state index contributed by atoms with van der Waals surface area (Å²) in [6.45, 7) is 2.58. The molecule has 0 atom stereocenters.